The van der Waals surface area contributed by atoms with Crippen molar-refractivity contribution in [3.05, 3.63) is 59.7 Å². The molecule has 116 valence electrons. The molecule has 2 aromatic carbocycles. The summed E-state index contributed by atoms with van der Waals surface area (Å²) in [6.45, 7) is 0. The quantitative estimate of drug-likeness (QED) is 0.812. The predicted molar refractivity (Wildman–Crippen MR) is 87.2 cm³/mol. The third-order valence-corrected chi connectivity index (χ3v) is 3.82. The van der Waals surface area contributed by atoms with E-state index in [1.165, 1.54) is 0 Å². The summed E-state index contributed by atoms with van der Waals surface area (Å²) in [6.07, 6.45) is 0.450. The van der Waals surface area contributed by atoms with Gasteiger partial charge in [-0.1, -0.05) is 24.3 Å². The second-order valence-electron chi connectivity index (χ2n) is 5.15. The maximum Gasteiger partial charge on any atom is 0.134 e. The molecule has 4 nitrogen and oxygen atoms in total. The molecule has 0 bridgehead atoms. The van der Waals surface area contributed by atoms with Gasteiger partial charge in [0.15, 0.2) is 0 Å². The summed E-state index contributed by atoms with van der Waals surface area (Å²) in [5.41, 5.74) is 2.10. The van der Waals surface area contributed by atoms with Gasteiger partial charge in [-0.2, -0.15) is 10.5 Å². The van der Waals surface area contributed by atoms with Crippen molar-refractivity contribution in [2.24, 2.45) is 5.92 Å². The summed E-state index contributed by atoms with van der Waals surface area (Å²) in [5.74, 6) is 0.874. The minimum atomic E-state index is -0.649. The molecule has 0 radical (unpaired) electrons. The minimum absolute atomic E-state index is 0.0314. The van der Waals surface area contributed by atoms with Crippen LogP contribution in [0.2, 0.25) is 0 Å². The van der Waals surface area contributed by atoms with E-state index in [-0.39, 0.29) is 5.92 Å². The zero-order valence-electron chi connectivity index (χ0n) is 13.2. The van der Waals surface area contributed by atoms with Gasteiger partial charge in [-0.15, -0.1) is 0 Å². The van der Waals surface area contributed by atoms with Gasteiger partial charge in [0.2, 0.25) is 0 Å². The molecule has 0 aliphatic heterocycles. The van der Waals surface area contributed by atoms with Gasteiger partial charge < -0.3 is 9.47 Å². The molecule has 0 fully saturated rings. The first-order valence-corrected chi connectivity index (χ1v) is 7.29. The molecule has 2 rings (SSSR count). The second kappa shape index (κ2) is 7.87. The van der Waals surface area contributed by atoms with Crippen LogP contribution in [0.1, 0.15) is 23.5 Å². The lowest BCUT2D eigenvalue weighted by atomic mass is 9.84. The molecule has 0 saturated heterocycles. The summed E-state index contributed by atoms with van der Waals surface area (Å²) in [5, 5.41) is 18.2. The van der Waals surface area contributed by atoms with Crippen molar-refractivity contribution < 1.29 is 9.47 Å². The first-order chi connectivity index (χ1) is 11.2. The molecule has 0 aliphatic carbocycles. The molecule has 0 saturated carbocycles. The first kappa shape index (κ1) is 16.4. The maximum absolute atomic E-state index is 9.12. The first-order valence-electron chi connectivity index (χ1n) is 7.29. The van der Waals surface area contributed by atoms with Crippen LogP contribution in [-0.4, -0.2) is 14.2 Å². The standard InChI is InChI=1S/C19H18N2O2/c1-22-17-7-3-15(4-8-17)19(11-14(12-20)13-21)16-5-9-18(23-2)10-6-16/h3-10,14,19H,11H2,1-2H3. The fourth-order valence-electron chi connectivity index (χ4n) is 2.51. The van der Waals surface area contributed by atoms with E-state index in [0.29, 0.717) is 6.42 Å². The Hall–Kier alpha value is -2.98. The van der Waals surface area contributed by atoms with Crippen LogP contribution in [0, 0.1) is 28.6 Å². The van der Waals surface area contributed by atoms with Crippen LogP contribution >= 0.6 is 0 Å². The summed E-state index contributed by atoms with van der Waals surface area (Å²) in [4.78, 5) is 0. The van der Waals surface area contributed by atoms with Crippen molar-refractivity contribution in [1.29, 1.82) is 10.5 Å². The van der Waals surface area contributed by atoms with Crippen molar-refractivity contribution in [2.45, 2.75) is 12.3 Å². The van der Waals surface area contributed by atoms with E-state index < -0.39 is 5.92 Å². The number of ether oxygens (including phenoxy) is 2. The van der Waals surface area contributed by atoms with Gasteiger partial charge in [0.1, 0.15) is 17.4 Å². The average Bonchev–Trinajstić information content (AvgIpc) is 2.63. The lowest BCUT2D eigenvalue weighted by molar-refractivity contribution is 0.414. The van der Waals surface area contributed by atoms with E-state index in [9.17, 15) is 0 Å². The zero-order chi connectivity index (χ0) is 16.7. The second-order valence-corrected chi connectivity index (χ2v) is 5.15. The van der Waals surface area contributed by atoms with Crippen LogP contribution in [0.15, 0.2) is 48.5 Å². The highest BCUT2D eigenvalue weighted by Gasteiger charge is 2.20. The molecule has 0 unspecified atom stereocenters. The van der Waals surface area contributed by atoms with Gasteiger partial charge in [-0.05, 0) is 41.8 Å². The number of nitriles is 2. The molecule has 0 N–H and O–H groups in total. The van der Waals surface area contributed by atoms with Gasteiger partial charge in [0.05, 0.1) is 26.4 Å². The fraction of sp³-hybridized carbons (Fsp3) is 0.263. The van der Waals surface area contributed by atoms with Crippen molar-refractivity contribution in [2.75, 3.05) is 14.2 Å². The Kier molecular flexibility index (Phi) is 5.61. The number of nitrogens with zero attached hydrogens (tertiary/aromatic N) is 2. The van der Waals surface area contributed by atoms with E-state index in [0.717, 1.165) is 22.6 Å². The molecule has 0 aromatic heterocycles. The highest BCUT2D eigenvalue weighted by Crippen LogP contribution is 2.32. The third-order valence-electron chi connectivity index (χ3n) is 3.82. The van der Waals surface area contributed by atoms with Gasteiger partial charge in [0, 0.05) is 5.92 Å². The summed E-state index contributed by atoms with van der Waals surface area (Å²) in [6, 6.07) is 19.6. The molecule has 0 spiro atoms. The Labute approximate surface area is 136 Å². The van der Waals surface area contributed by atoms with Crippen LogP contribution in [0.25, 0.3) is 0 Å². The van der Waals surface area contributed by atoms with Gasteiger partial charge in [-0.25, -0.2) is 0 Å². The fourth-order valence-corrected chi connectivity index (χ4v) is 2.51. The highest BCUT2D eigenvalue weighted by molar-refractivity contribution is 5.38. The number of rotatable bonds is 6. The largest absolute Gasteiger partial charge is 0.497 e. The smallest absolute Gasteiger partial charge is 0.134 e. The molecular formula is C19H18N2O2. The summed E-state index contributed by atoms with van der Waals surface area (Å²) < 4.78 is 10.4. The van der Waals surface area contributed by atoms with Crippen LogP contribution in [0.3, 0.4) is 0 Å². The monoisotopic (exact) mass is 306 g/mol. The number of hydrogen-bond donors (Lipinski definition) is 0. The summed E-state index contributed by atoms with van der Waals surface area (Å²) in [7, 11) is 3.24. The van der Waals surface area contributed by atoms with E-state index in [1.807, 2.05) is 48.5 Å². The normalized spacial score (nSPS) is 10.2. The van der Waals surface area contributed by atoms with Gasteiger partial charge in [0.25, 0.3) is 0 Å². The van der Waals surface area contributed by atoms with E-state index in [1.54, 1.807) is 14.2 Å². The number of hydrogen-bond acceptors (Lipinski definition) is 4. The van der Waals surface area contributed by atoms with Crippen molar-refractivity contribution in [3.8, 4) is 23.6 Å². The SMILES string of the molecule is COc1ccc(C(CC(C#N)C#N)c2ccc(OC)cc2)cc1. The number of benzene rings is 2. The van der Waals surface area contributed by atoms with Crippen molar-refractivity contribution >= 4 is 0 Å². The Morgan fingerprint density at radius 1 is 0.783 bits per heavy atom. The van der Waals surface area contributed by atoms with E-state index in [2.05, 4.69) is 12.1 Å². The molecule has 4 heteroatoms. The minimum Gasteiger partial charge on any atom is -0.497 e. The van der Waals surface area contributed by atoms with Crippen LogP contribution < -0.4 is 9.47 Å². The topological polar surface area (TPSA) is 66.0 Å². The maximum atomic E-state index is 9.12. The van der Waals surface area contributed by atoms with E-state index >= 15 is 0 Å². The molecule has 2 aromatic rings. The molecule has 0 heterocycles. The van der Waals surface area contributed by atoms with Gasteiger partial charge >= 0.3 is 0 Å². The average molecular weight is 306 g/mol. The molecule has 0 amide bonds. The van der Waals surface area contributed by atoms with Gasteiger partial charge in [-0.3, -0.25) is 0 Å². The highest BCUT2D eigenvalue weighted by atomic mass is 16.5. The third kappa shape index (κ3) is 4.02. The Morgan fingerprint density at radius 3 is 1.48 bits per heavy atom. The Morgan fingerprint density at radius 2 is 1.17 bits per heavy atom. The Bertz CT molecular complexity index is 648. The predicted octanol–water partition coefficient (Wildman–Crippen LogP) is 3.89. The molecular weight excluding hydrogens is 288 g/mol. The lowest BCUT2D eigenvalue weighted by Crippen LogP contribution is -2.07. The van der Waals surface area contributed by atoms with E-state index in [4.69, 9.17) is 20.0 Å². The number of methoxy groups -OCH3 is 2. The molecule has 23 heavy (non-hydrogen) atoms. The summed E-state index contributed by atoms with van der Waals surface area (Å²) >= 11 is 0. The van der Waals surface area contributed by atoms with Crippen LogP contribution in [0.5, 0.6) is 11.5 Å². The van der Waals surface area contributed by atoms with Crippen molar-refractivity contribution in [3.63, 3.8) is 0 Å². The van der Waals surface area contributed by atoms with Crippen LogP contribution in [0.4, 0.5) is 0 Å². The zero-order valence-corrected chi connectivity index (χ0v) is 13.2. The Balaban J connectivity index is 2.37. The van der Waals surface area contributed by atoms with Crippen LogP contribution in [-0.2, 0) is 0 Å². The lowest BCUT2D eigenvalue weighted by Gasteiger charge is -2.19. The molecule has 0 atom stereocenters. The van der Waals surface area contributed by atoms with Crippen molar-refractivity contribution in [1.82, 2.24) is 0 Å². The molecule has 0 aliphatic rings.